The molecular weight excluding hydrogens is 302 g/mol. The molecule has 1 saturated heterocycles. The van der Waals surface area contributed by atoms with Crippen LogP contribution in [-0.4, -0.2) is 32.6 Å². The van der Waals surface area contributed by atoms with Crippen LogP contribution in [0.1, 0.15) is 23.8 Å². The fourth-order valence-electron chi connectivity index (χ4n) is 3.41. The molecule has 1 aliphatic heterocycles. The summed E-state index contributed by atoms with van der Waals surface area (Å²) in [7, 11) is 0. The largest absolute Gasteiger partial charge is 0.455 e. The SMILES string of the molecule is OCc1ccc(-c2nccn2[C@@H]2CCN(Cc3ccccc3)C2)o1. The van der Waals surface area contributed by atoms with Crippen LogP contribution in [0, 0.1) is 0 Å². The van der Waals surface area contributed by atoms with Crippen LogP contribution in [0.25, 0.3) is 11.6 Å². The van der Waals surface area contributed by atoms with Gasteiger partial charge in [-0.3, -0.25) is 4.90 Å². The Morgan fingerprint density at radius 2 is 2.04 bits per heavy atom. The molecule has 1 N–H and O–H groups in total. The molecule has 1 aliphatic rings. The molecule has 0 bridgehead atoms. The van der Waals surface area contributed by atoms with E-state index >= 15 is 0 Å². The lowest BCUT2D eigenvalue weighted by atomic mass is 10.2. The third-order valence-corrected chi connectivity index (χ3v) is 4.60. The maximum Gasteiger partial charge on any atom is 0.176 e. The zero-order valence-corrected chi connectivity index (χ0v) is 13.5. The first-order valence-electron chi connectivity index (χ1n) is 8.32. The van der Waals surface area contributed by atoms with Crippen LogP contribution in [0.2, 0.25) is 0 Å². The minimum atomic E-state index is -0.0883. The molecule has 3 heterocycles. The summed E-state index contributed by atoms with van der Waals surface area (Å²) in [5.41, 5.74) is 1.35. The average Bonchev–Trinajstić information content (AvgIpc) is 3.35. The lowest BCUT2D eigenvalue weighted by molar-refractivity contribution is 0.248. The summed E-state index contributed by atoms with van der Waals surface area (Å²) in [5, 5.41) is 9.18. The molecule has 0 radical (unpaired) electrons. The normalized spacial score (nSPS) is 18.3. The van der Waals surface area contributed by atoms with Gasteiger partial charge in [0.05, 0.1) is 0 Å². The number of hydrogen-bond donors (Lipinski definition) is 1. The van der Waals surface area contributed by atoms with Crippen molar-refractivity contribution in [2.24, 2.45) is 0 Å². The van der Waals surface area contributed by atoms with Gasteiger partial charge in [0.15, 0.2) is 11.6 Å². The van der Waals surface area contributed by atoms with Crippen molar-refractivity contribution >= 4 is 0 Å². The lowest BCUT2D eigenvalue weighted by Crippen LogP contribution is -2.21. The Bertz CT molecular complexity index is 794. The number of aromatic nitrogens is 2. The van der Waals surface area contributed by atoms with Crippen molar-refractivity contribution in [2.75, 3.05) is 13.1 Å². The Morgan fingerprint density at radius 1 is 1.17 bits per heavy atom. The maximum absolute atomic E-state index is 9.18. The molecule has 5 heteroatoms. The zero-order valence-electron chi connectivity index (χ0n) is 13.5. The highest BCUT2D eigenvalue weighted by Gasteiger charge is 2.26. The van der Waals surface area contributed by atoms with Crippen molar-refractivity contribution in [1.29, 1.82) is 0 Å². The first-order chi connectivity index (χ1) is 11.8. The van der Waals surface area contributed by atoms with E-state index in [4.69, 9.17) is 4.42 Å². The summed E-state index contributed by atoms with van der Waals surface area (Å²) < 4.78 is 7.85. The van der Waals surface area contributed by atoms with Gasteiger partial charge in [0.1, 0.15) is 12.4 Å². The molecule has 1 fully saturated rings. The predicted octanol–water partition coefficient (Wildman–Crippen LogP) is 3.08. The number of furan rings is 1. The molecule has 2 aromatic heterocycles. The second-order valence-electron chi connectivity index (χ2n) is 6.25. The van der Waals surface area contributed by atoms with Crippen LogP contribution < -0.4 is 0 Å². The number of imidazole rings is 1. The Labute approximate surface area is 141 Å². The molecule has 0 saturated carbocycles. The smallest absolute Gasteiger partial charge is 0.176 e. The van der Waals surface area contributed by atoms with Crippen molar-refractivity contribution in [3.8, 4) is 11.6 Å². The fourth-order valence-corrected chi connectivity index (χ4v) is 3.41. The predicted molar refractivity (Wildman–Crippen MR) is 91.2 cm³/mol. The van der Waals surface area contributed by atoms with Gasteiger partial charge >= 0.3 is 0 Å². The molecule has 3 aromatic rings. The summed E-state index contributed by atoms with van der Waals surface area (Å²) >= 11 is 0. The summed E-state index contributed by atoms with van der Waals surface area (Å²) in [6, 6.07) is 14.7. The van der Waals surface area contributed by atoms with Crippen molar-refractivity contribution < 1.29 is 9.52 Å². The minimum absolute atomic E-state index is 0.0883. The second kappa shape index (κ2) is 6.63. The van der Waals surface area contributed by atoms with E-state index in [9.17, 15) is 5.11 Å². The minimum Gasteiger partial charge on any atom is -0.455 e. The topological polar surface area (TPSA) is 54.4 Å². The van der Waals surface area contributed by atoms with E-state index in [0.717, 1.165) is 31.9 Å². The number of aliphatic hydroxyl groups is 1. The van der Waals surface area contributed by atoms with Crippen LogP contribution >= 0.6 is 0 Å². The molecule has 24 heavy (non-hydrogen) atoms. The van der Waals surface area contributed by atoms with E-state index in [-0.39, 0.29) is 6.61 Å². The van der Waals surface area contributed by atoms with Gasteiger partial charge in [0.2, 0.25) is 0 Å². The molecular formula is C19H21N3O2. The Balaban J connectivity index is 1.49. The number of aliphatic hydroxyl groups excluding tert-OH is 1. The van der Waals surface area contributed by atoms with Gasteiger partial charge in [-0.15, -0.1) is 0 Å². The van der Waals surface area contributed by atoms with Crippen molar-refractivity contribution in [3.05, 3.63) is 66.2 Å². The highest BCUT2D eigenvalue weighted by molar-refractivity contribution is 5.48. The van der Waals surface area contributed by atoms with Gasteiger partial charge < -0.3 is 14.1 Å². The third-order valence-electron chi connectivity index (χ3n) is 4.60. The Kier molecular flexibility index (Phi) is 4.19. The van der Waals surface area contributed by atoms with E-state index in [2.05, 4.69) is 44.8 Å². The summed E-state index contributed by atoms with van der Waals surface area (Å²) in [6.45, 7) is 2.98. The van der Waals surface area contributed by atoms with Gasteiger partial charge in [0, 0.05) is 38.1 Å². The van der Waals surface area contributed by atoms with Crippen LogP contribution in [0.3, 0.4) is 0 Å². The first kappa shape index (κ1) is 15.2. The number of rotatable bonds is 5. The third kappa shape index (κ3) is 3.00. The van der Waals surface area contributed by atoms with E-state index < -0.39 is 0 Å². The van der Waals surface area contributed by atoms with Gasteiger partial charge in [-0.1, -0.05) is 30.3 Å². The maximum atomic E-state index is 9.18. The molecule has 124 valence electrons. The van der Waals surface area contributed by atoms with E-state index in [0.29, 0.717) is 17.6 Å². The van der Waals surface area contributed by atoms with Gasteiger partial charge in [-0.05, 0) is 24.1 Å². The Hall–Kier alpha value is -2.37. The quantitative estimate of drug-likeness (QED) is 0.784. The monoisotopic (exact) mass is 323 g/mol. The number of benzene rings is 1. The molecule has 0 unspecified atom stereocenters. The van der Waals surface area contributed by atoms with E-state index in [1.54, 1.807) is 6.07 Å². The fraction of sp³-hybridized carbons (Fsp3) is 0.316. The van der Waals surface area contributed by atoms with Crippen LogP contribution in [0.5, 0.6) is 0 Å². The standard InChI is InChI=1S/C19H21N3O2/c23-14-17-6-7-18(24-17)19-20-9-11-22(19)16-8-10-21(13-16)12-15-4-2-1-3-5-15/h1-7,9,11,16,23H,8,10,12-14H2/t16-/m1/s1. The van der Waals surface area contributed by atoms with Crippen molar-refractivity contribution in [2.45, 2.75) is 25.6 Å². The Morgan fingerprint density at radius 3 is 2.83 bits per heavy atom. The highest BCUT2D eigenvalue weighted by Crippen LogP contribution is 2.29. The molecule has 4 rings (SSSR count). The first-order valence-corrected chi connectivity index (χ1v) is 8.32. The van der Waals surface area contributed by atoms with Gasteiger partial charge in [-0.25, -0.2) is 4.98 Å². The molecule has 0 spiro atoms. The van der Waals surface area contributed by atoms with Crippen LogP contribution in [0.4, 0.5) is 0 Å². The lowest BCUT2D eigenvalue weighted by Gasteiger charge is -2.17. The summed E-state index contributed by atoms with van der Waals surface area (Å²) in [4.78, 5) is 6.93. The number of hydrogen-bond acceptors (Lipinski definition) is 4. The highest BCUT2D eigenvalue weighted by atomic mass is 16.4. The van der Waals surface area contributed by atoms with Crippen LogP contribution in [-0.2, 0) is 13.2 Å². The van der Waals surface area contributed by atoms with Crippen molar-refractivity contribution in [3.63, 3.8) is 0 Å². The number of nitrogens with zero attached hydrogens (tertiary/aromatic N) is 3. The molecule has 0 amide bonds. The molecule has 5 nitrogen and oxygen atoms in total. The average molecular weight is 323 g/mol. The van der Waals surface area contributed by atoms with Crippen LogP contribution in [0.15, 0.2) is 59.3 Å². The summed E-state index contributed by atoms with van der Waals surface area (Å²) in [5.74, 6) is 2.11. The molecule has 0 aliphatic carbocycles. The number of likely N-dealkylation sites (tertiary alicyclic amines) is 1. The van der Waals surface area contributed by atoms with Gasteiger partial charge in [0.25, 0.3) is 0 Å². The second-order valence-corrected chi connectivity index (χ2v) is 6.25. The van der Waals surface area contributed by atoms with E-state index in [1.165, 1.54) is 5.56 Å². The zero-order chi connectivity index (χ0) is 16.4. The molecule has 1 atom stereocenters. The van der Waals surface area contributed by atoms with Crippen molar-refractivity contribution in [1.82, 2.24) is 14.5 Å². The van der Waals surface area contributed by atoms with E-state index in [1.807, 2.05) is 18.5 Å². The summed E-state index contributed by atoms with van der Waals surface area (Å²) in [6.07, 6.45) is 4.94. The molecule has 1 aromatic carbocycles. The van der Waals surface area contributed by atoms with Gasteiger partial charge in [-0.2, -0.15) is 0 Å².